The third kappa shape index (κ3) is 4.84. The molecule has 1 saturated heterocycles. The minimum atomic E-state index is -0.0243. The first kappa shape index (κ1) is 21.3. The minimum Gasteiger partial charge on any atom is -0.352 e. The molecule has 1 amide bonds. The Morgan fingerprint density at radius 1 is 0.844 bits per heavy atom. The predicted octanol–water partition coefficient (Wildman–Crippen LogP) is 3.93. The number of ketones is 1. The second-order valence-corrected chi connectivity index (χ2v) is 7.72. The molecule has 6 heteroatoms. The van der Waals surface area contributed by atoms with Crippen LogP contribution in [-0.2, 0) is 4.79 Å². The summed E-state index contributed by atoms with van der Waals surface area (Å²) >= 11 is 0. The number of carbonyl (C=O) groups is 2. The van der Waals surface area contributed by atoms with E-state index in [-0.39, 0.29) is 24.5 Å². The van der Waals surface area contributed by atoms with Crippen molar-refractivity contribution >= 4 is 17.5 Å². The van der Waals surface area contributed by atoms with Gasteiger partial charge in [-0.2, -0.15) is 5.26 Å². The van der Waals surface area contributed by atoms with Crippen molar-refractivity contribution in [3.8, 4) is 17.2 Å². The molecule has 0 aliphatic carbocycles. The highest BCUT2D eigenvalue weighted by Gasteiger charge is 2.23. The SMILES string of the molecule is N#Cc1cccnc1N1CCN(C(=O)CCC(=O)c2ccc(-c3ccccc3)cc2)CC1. The van der Waals surface area contributed by atoms with Crippen LogP contribution in [0, 0.1) is 11.3 Å². The number of nitriles is 1. The highest BCUT2D eigenvalue weighted by molar-refractivity contribution is 5.98. The van der Waals surface area contributed by atoms with Crippen molar-refractivity contribution in [2.45, 2.75) is 12.8 Å². The zero-order chi connectivity index (χ0) is 22.3. The highest BCUT2D eigenvalue weighted by atomic mass is 16.2. The third-order valence-corrected chi connectivity index (χ3v) is 5.72. The van der Waals surface area contributed by atoms with Crippen LogP contribution in [0.15, 0.2) is 72.9 Å². The van der Waals surface area contributed by atoms with Gasteiger partial charge in [0.15, 0.2) is 5.78 Å². The Hall–Kier alpha value is -3.98. The van der Waals surface area contributed by atoms with Gasteiger partial charge >= 0.3 is 0 Å². The molecule has 2 aromatic carbocycles. The highest BCUT2D eigenvalue weighted by Crippen LogP contribution is 2.21. The fraction of sp³-hybridized carbons (Fsp3) is 0.231. The van der Waals surface area contributed by atoms with Crippen molar-refractivity contribution in [2.24, 2.45) is 0 Å². The number of rotatable bonds is 6. The first-order chi connectivity index (χ1) is 15.7. The number of piperazine rings is 1. The van der Waals surface area contributed by atoms with Crippen molar-refractivity contribution in [1.29, 1.82) is 5.26 Å². The van der Waals surface area contributed by atoms with E-state index in [0.29, 0.717) is 43.1 Å². The quantitative estimate of drug-likeness (QED) is 0.560. The molecule has 3 aromatic rings. The molecule has 2 heterocycles. The van der Waals surface area contributed by atoms with Crippen molar-refractivity contribution < 1.29 is 9.59 Å². The van der Waals surface area contributed by atoms with Crippen LogP contribution in [0.2, 0.25) is 0 Å². The minimum absolute atomic E-state index is 0.0135. The van der Waals surface area contributed by atoms with E-state index in [1.165, 1.54) is 0 Å². The first-order valence-corrected chi connectivity index (χ1v) is 10.7. The number of pyridine rings is 1. The number of amides is 1. The summed E-state index contributed by atoms with van der Waals surface area (Å²) in [4.78, 5) is 33.3. The van der Waals surface area contributed by atoms with Crippen LogP contribution in [0.3, 0.4) is 0 Å². The molecule has 0 bridgehead atoms. The van der Waals surface area contributed by atoms with E-state index in [4.69, 9.17) is 0 Å². The number of benzene rings is 2. The van der Waals surface area contributed by atoms with Gasteiger partial charge < -0.3 is 9.80 Å². The molecule has 1 aromatic heterocycles. The van der Waals surface area contributed by atoms with Crippen molar-refractivity contribution in [2.75, 3.05) is 31.1 Å². The van der Waals surface area contributed by atoms with Crippen LogP contribution < -0.4 is 4.90 Å². The van der Waals surface area contributed by atoms with Gasteiger partial charge in [-0.05, 0) is 23.3 Å². The van der Waals surface area contributed by atoms with Gasteiger partial charge in [-0.1, -0.05) is 54.6 Å². The smallest absolute Gasteiger partial charge is 0.223 e. The van der Waals surface area contributed by atoms with Gasteiger partial charge in [0, 0.05) is 50.8 Å². The van der Waals surface area contributed by atoms with Crippen LogP contribution >= 0.6 is 0 Å². The topological polar surface area (TPSA) is 77.3 Å². The number of anilines is 1. The van der Waals surface area contributed by atoms with Gasteiger partial charge in [0.25, 0.3) is 0 Å². The molecule has 0 unspecified atom stereocenters. The summed E-state index contributed by atoms with van der Waals surface area (Å²) in [7, 11) is 0. The molecular formula is C26H24N4O2. The van der Waals surface area contributed by atoms with Crippen LogP contribution in [-0.4, -0.2) is 47.8 Å². The Morgan fingerprint density at radius 2 is 1.53 bits per heavy atom. The molecule has 160 valence electrons. The average Bonchev–Trinajstić information content (AvgIpc) is 2.87. The van der Waals surface area contributed by atoms with Gasteiger partial charge in [-0.3, -0.25) is 9.59 Å². The van der Waals surface area contributed by atoms with Crippen LogP contribution in [0.5, 0.6) is 0 Å². The first-order valence-electron chi connectivity index (χ1n) is 10.7. The number of hydrogen-bond donors (Lipinski definition) is 0. The zero-order valence-electron chi connectivity index (χ0n) is 17.8. The van der Waals surface area contributed by atoms with E-state index in [1.807, 2.05) is 59.5 Å². The molecule has 1 aliphatic rings. The number of nitrogens with zero attached hydrogens (tertiary/aromatic N) is 4. The van der Waals surface area contributed by atoms with E-state index in [9.17, 15) is 14.9 Å². The lowest BCUT2D eigenvalue weighted by Crippen LogP contribution is -2.49. The number of Topliss-reactive ketones (excluding diaryl/α,β-unsaturated/α-hetero) is 1. The van der Waals surface area contributed by atoms with Gasteiger partial charge in [0.05, 0.1) is 5.56 Å². The number of aromatic nitrogens is 1. The molecule has 0 N–H and O–H groups in total. The number of hydrogen-bond acceptors (Lipinski definition) is 5. The molecule has 1 fully saturated rings. The molecule has 0 spiro atoms. The Bertz CT molecular complexity index is 1130. The van der Waals surface area contributed by atoms with Gasteiger partial charge in [0.2, 0.25) is 5.91 Å². The molecule has 6 nitrogen and oxygen atoms in total. The Morgan fingerprint density at radius 3 is 2.22 bits per heavy atom. The summed E-state index contributed by atoms with van der Waals surface area (Å²) in [6, 6.07) is 23.2. The van der Waals surface area contributed by atoms with E-state index in [1.54, 1.807) is 23.2 Å². The van der Waals surface area contributed by atoms with Crippen molar-refractivity contribution in [1.82, 2.24) is 9.88 Å². The zero-order valence-corrected chi connectivity index (χ0v) is 17.8. The fourth-order valence-corrected chi connectivity index (χ4v) is 3.91. The van der Waals surface area contributed by atoms with Crippen LogP contribution in [0.25, 0.3) is 11.1 Å². The summed E-state index contributed by atoms with van der Waals surface area (Å²) in [6.07, 6.45) is 2.07. The van der Waals surface area contributed by atoms with Crippen molar-refractivity contribution in [3.05, 3.63) is 84.1 Å². The van der Waals surface area contributed by atoms with Gasteiger partial charge in [-0.25, -0.2) is 4.98 Å². The largest absolute Gasteiger partial charge is 0.352 e. The van der Waals surface area contributed by atoms with E-state index < -0.39 is 0 Å². The summed E-state index contributed by atoms with van der Waals surface area (Å²) in [6.45, 7) is 2.35. The summed E-state index contributed by atoms with van der Waals surface area (Å²) in [5, 5.41) is 9.27. The lowest BCUT2D eigenvalue weighted by molar-refractivity contribution is -0.131. The fourth-order valence-electron chi connectivity index (χ4n) is 3.91. The summed E-state index contributed by atoms with van der Waals surface area (Å²) in [5.74, 6) is 0.625. The van der Waals surface area contributed by atoms with E-state index in [2.05, 4.69) is 11.1 Å². The van der Waals surface area contributed by atoms with E-state index in [0.717, 1.165) is 11.1 Å². The third-order valence-electron chi connectivity index (χ3n) is 5.72. The molecule has 1 aliphatic heterocycles. The molecule has 32 heavy (non-hydrogen) atoms. The van der Waals surface area contributed by atoms with Crippen LogP contribution in [0.4, 0.5) is 5.82 Å². The number of carbonyl (C=O) groups excluding carboxylic acids is 2. The lowest BCUT2D eigenvalue weighted by atomic mass is 10.0. The maximum absolute atomic E-state index is 12.6. The second kappa shape index (κ2) is 9.88. The Balaban J connectivity index is 1.28. The lowest BCUT2D eigenvalue weighted by Gasteiger charge is -2.35. The molecule has 0 atom stereocenters. The standard InChI is InChI=1S/C26H24N4O2/c27-19-23-7-4-14-28-26(23)30-17-15-29(16-18-30)25(32)13-12-24(31)22-10-8-21(9-11-22)20-5-2-1-3-6-20/h1-11,14H,12-13,15-18H2. The maximum Gasteiger partial charge on any atom is 0.223 e. The van der Waals surface area contributed by atoms with E-state index >= 15 is 0 Å². The predicted molar refractivity (Wildman–Crippen MR) is 123 cm³/mol. The van der Waals surface area contributed by atoms with Gasteiger partial charge in [-0.15, -0.1) is 0 Å². The van der Waals surface area contributed by atoms with Gasteiger partial charge in [0.1, 0.15) is 11.9 Å². The average molecular weight is 425 g/mol. The molecule has 4 rings (SSSR count). The van der Waals surface area contributed by atoms with Crippen molar-refractivity contribution in [3.63, 3.8) is 0 Å². The molecule has 0 saturated carbocycles. The summed E-state index contributed by atoms with van der Waals surface area (Å²) < 4.78 is 0. The van der Waals surface area contributed by atoms with Crippen LogP contribution in [0.1, 0.15) is 28.8 Å². The normalized spacial score (nSPS) is 13.5. The maximum atomic E-state index is 12.6. The Labute approximate surface area is 187 Å². The summed E-state index contributed by atoms with van der Waals surface area (Å²) in [5.41, 5.74) is 3.33. The molecular weight excluding hydrogens is 400 g/mol. The Kier molecular flexibility index (Phi) is 6.57. The molecule has 0 radical (unpaired) electrons. The second-order valence-electron chi connectivity index (χ2n) is 7.72. The monoisotopic (exact) mass is 424 g/mol.